The van der Waals surface area contributed by atoms with E-state index in [0.717, 1.165) is 15.7 Å². The smallest absolute Gasteiger partial charge is 0.270 e. The van der Waals surface area contributed by atoms with Crippen LogP contribution in [0.15, 0.2) is 64.5 Å². The molecule has 1 heterocycles. The Balaban J connectivity index is 1.87. The van der Waals surface area contributed by atoms with Crippen molar-refractivity contribution in [2.24, 2.45) is 0 Å². The van der Waals surface area contributed by atoms with Crippen LogP contribution in [0.5, 0.6) is 11.5 Å². The van der Waals surface area contributed by atoms with E-state index in [0.29, 0.717) is 33.9 Å². The molecular formula is C21H18BrNO3S2. The van der Waals surface area contributed by atoms with Crippen LogP contribution in [-0.4, -0.2) is 23.4 Å². The van der Waals surface area contributed by atoms with Crippen LogP contribution in [0.1, 0.15) is 12.5 Å². The minimum Gasteiger partial charge on any atom is -0.490 e. The maximum atomic E-state index is 12.9. The molecule has 144 valence electrons. The summed E-state index contributed by atoms with van der Waals surface area (Å²) in [5, 5.41) is 0. The van der Waals surface area contributed by atoms with E-state index >= 15 is 0 Å². The number of rotatable bonds is 7. The van der Waals surface area contributed by atoms with Gasteiger partial charge in [-0.15, -0.1) is 0 Å². The summed E-state index contributed by atoms with van der Waals surface area (Å²) < 4.78 is 12.7. The summed E-state index contributed by atoms with van der Waals surface area (Å²) in [6.07, 6.45) is 3.50. The van der Waals surface area contributed by atoms with E-state index in [1.54, 1.807) is 11.0 Å². The maximum Gasteiger partial charge on any atom is 0.270 e. The number of carbonyl (C=O) groups is 1. The number of ether oxygens (including phenoxy) is 2. The summed E-state index contributed by atoms with van der Waals surface area (Å²) >= 11 is 10.1. The van der Waals surface area contributed by atoms with Crippen molar-refractivity contribution in [2.45, 2.75) is 6.92 Å². The Kier molecular flexibility index (Phi) is 6.93. The van der Waals surface area contributed by atoms with Gasteiger partial charge in [-0.05, 0) is 55.0 Å². The quantitative estimate of drug-likeness (QED) is 0.286. The van der Waals surface area contributed by atoms with Gasteiger partial charge in [0.2, 0.25) is 0 Å². The van der Waals surface area contributed by atoms with Crippen LogP contribution in [0, 0.1) is 0 Å². The van der Waals surface area contributed by atoms with Gasteiger partial charge in [0, 0.05) is 4.47 Å². The van der Waals surface area contributed by atoms with Crippen LogP contribution in [0.25, 0.3) is 6.08 Å². The topological polar surface area (TPSA) is 38.8 Å². The molecule has 28 heavy (non-hydrogen) atoms. The van der Waals surface area contributed by atoms with Crippen LogP contribution >= 0.6 is 39.9 Å². The molecule has 2 aromatic rings. The van der Waals surface area contributed by atoms with Gasteiger partial charge in [0.05, 0.1) is 17.2 Å². The molecule has 1 saturated heterocycles. The number of thiocarbonyl (C=S) groups is 1. The highest BCUT2D eigenvalue weighted by molar-refractivity contribution is 9.10. The number of nitrogens with zero attached hydrogens (tertiary/aromatic N) is 1. The fraction of sp³-hybridized carbons (Fsp3) is 0.143. The molecule has 0 saturated carbocycles. The molecule has 0 radical (unpaired) electrons. The van der Waals surface area contributed by atoms with Crippen LogP contribution in [-0.2, 0) is 4.79 Å². The number of halogens is 1. The zero-order valence-electron chi connectivity index (χ0n) is 15.2. The molecule has 0 spiro atoms. The van der Waals surface area contributed by atoms with E-state index in [4.69, 9.17) is 21.7 Å². The lowest BCUT2D eigenvalue weighted by Crippen LogP contribution is -2.27. The Morgan fingerprint density at radius 1 is 1.18 bits per heavy atom. The Bertz CT molecular complexity index is 941. The van der Waals surface area contributed by atoms with Crippen molar-refractivity contribution < 1.29 is 14.3 Å². The Hall–Kier alpha value is -2.09. The molecule has 1 aliphatic heterocycles. The van der Waals surface area contributed by atoms with Crippen LogP contribution in [0.4, 0.5) is 5.69 Å². The van der Waals surface area contributed by atoms with Crippen LogP contribution < -0.4 is 14.4 Å². The first kappa shape index (κ1) is 20.6. The monoisotopic (exact) mass is 475 g/mol. The highest BCUT2D eigenvalue weighted by atomic mass is 79.9. The molecule has 3 rings (SSSR count). The first-order chi connectivity index (χ1) is 13.5. The average Bonchev–Trinajstić information content (AvgIpc) is 2.95. The Labute approximate surface area is 182 Å². The predicted molar refractivity (Wildman–Crippen MR) is 123 cm³/mol. The van der Waals surface area contributed by atoms with Gasteiger partial charge in [-0.1, -0.05) is 58.6 Å². The molecular weight excluding hydrogens is 458 g/mol. The van der Waals surface area contributed by atoms with Gasteiger partial charge in [0.1, 0.15) is 6.61 Å². The number of hydrogen-bond acceptors (Lipinski definition) is 5. The van der Waals surface area contributed by atoms with Crippen molar-refractivity contribution in [1.82, 2.24) is 0 Å². The molecule has 2 aromatic carbocycles. The first-order valence-electron chi connectivity index (χ1n) is 8.57. The Morgan fingerprint density at radius 2 is 1.93 bits per heavy atom. The number of benzene rings is 2. The predicted octanol–water partition coefficient (Wildman–Crippen LogP) is 5.82. The van der Waals surface area contributed by atoms with Gasteiger partial charge in [-0.3, -0.25) is 9.69 Å². The van der Waals surface area contributed by atoms with Crippen molar-refractivity contribution >= 4 is 61.9 Å². The normalized spacial score (nSPS) is 15.2. The van der Waals surface area contributed by atoms with E-state index in [-0.39, 0.29) is 5.91 Å². The molecule has 0 bridgehead atoms. The van der Waals surface area contributed by atoms with Gasteiger partial charge in [-0.25, -0.2) is 0 Å². The summed E-state index contributed by atoms with van der Waals surface area (Å²) in [6.45, 7) is 6.47. The van der Waals surface area contributed by atoms with Crippen molar-refractivity contribution in [2.75, 3.05) is 18.1 Å². The van der Waals surface area contributed by atoms with Crippen LogP contribution in [0.2, 0.25) is 0 Å². The first-order valence-corrected chi connectivity index (χ1v) is 10.6. The van der Waals surface area contributed by atoms with Gasteiger partial charge < -0.3 is 9.47 Å². The summed E-state index contributed by atoms with van der Waals surface area (Å²) in [5.74, 6) is 1.13. The zero-order chi connectivity index (χ0) is 20.1. The lowest BCUT2D eigenvalue weighted by molar-refractivity contribution is -0.113. The van der Waals surface area contributed by atoms with E-state index in [9.17, 15) is 4.79 Å². The van der Waals surface area contributed by atoms with Gasteiger partial charge >= 0.3 is 0 Å². The van der Waals surface area contributed by atoms with Crippen molar-refractivity contribution in [1.29, 1.82) is 0 Å². The molecule has 0 N–H and O–H groups in total. The number of hydrogen-bond donors (Lipinski definition) is 0. The molecule has 0 aromatic heterocycles. The number of amides is 1. The molecule has 1 amide bonds. The summed E-state index contributed by atoms with van der Waals surface area (Å²) in [7, 11) is 0. The second-order valence-electron chi connectivity index (χ2n) is 5.73. The third kappa shape index (κ3) is 4.66. The van der Waals surface area contributed by atoms with E-state index < -0.39 is 0 Å². The second-order valence-corrected chi connectivity index (χ2v) is 8.32. The maximum absolute atomic E-state index is 12.9. The lowest BCUT2D eigenvalue weighted by atomic mass is 10.1. The van der Waals surface area contributed by atoms with Gasteiger partial charge in [0.15, 0.2) is 15.8 Å². The van der Waals surface area contributed by atoms with Crippen molar-refractivity contribution in [3.05, 3.63) is 70.1 Å². The highest BCUT2D eigenvalue weighted by Gasteiger charge is 2.33. The highest BCUT2D eigenvalue weighted by Crippen LogP contribution is 2.37. The van der Waals surface area contributed by atoms with Crippen molar-refractivity contribution in [3.63, 3.8) is 0 Å². The minimum atomic E-state index is -0.137. The van der Waals surface area contributed by atoms with Gasteiger partial charge in [-0.2, -0.15) is 0 Å². The summed E-state index contributed by atoms with van der Waals surface area (Å²) in [6, 6.07) is 13.0. The van der Waals surface area contributed by atoms with Gasteiger partial charge in [0.25, 0.3) is 5.91 Å². The van der Waals surface area contributed by atoms with E-state index in [1.165, 1.54) is 11.8 Å². The van der Waals surface area contributed by atoms with E-state index in [1.807, 2.05) is 55.5 Å². The summed E-state index contributed by atoms with van der Waals surface area (Å²) in [5.41, 5.74) is 1.59. The van der Waals surface area contributed by atoms with Crippen molar-refractivity contribution in [3.8, 4) is 11.5 Å². The minimum absolute atomic E-state index is 0.137. The molecule has 0 unspecified atom stereocenters. The Morgan fingerprint density at radius 3 is 2.61 bits per heavy atom. The fourth-order valence-corrected chi connectivity index (χ4v) is 4.15. The number of anilines is 1. The summed E-state index contributed by atoms with van der Waals surface area (Å²) in [4.78, 5) is 15.0. The molecule has 0 aliphatic carbocycles. The largest absolute Gasteiger partial charge is 0.490 e. The zero-order valence-corrected chi connectivity index (χ0v) is 18.4. The third-order valence-corrected chi connectivity index (χ3v) is 5.63. The molecule has 4 nitrogen and oxygen atoms in total. The van der Waals surface area contributed by atoms with E-state index in [2.05, 4.69) is 22.5 Å². The average molecular weight is 476 g/mol. The molecule has 1 fully saturated rings. The SMILES string of the molecule is C=CCOc1ccc(/C=C2/SC(=S)N(c3ccc(Br)cc3)C2=O)cc1OCC. The molecule has 7 heteroatoms. The number of thioether (sulfide) groups is 1. The fourth-order valence-electron chi connectivity index (χ4n) is 2.58. The molecule has 1 aliphatic rings. The molecule has 0 atom stereocenters. The van der Waals surface area contributed by atoms with Crippen LogP contribution in [0.3, 0.4) is 0 Å². The second kappa shape index (κ2) is 9.41. The lowest BCUT2D eigenvalue weighted by Gasteiger charge is -2.14. The number of carbonyl (C=O) groups excluding carboxylic acids is 1. The third-order valence-electron chi connectivity index (χ3n) is 3.80. The standard InChI is InChI=1S/C21H18BrNO3S2/c1-3-11-26-17-10-5-14(12-18(17)25-4-2)13-19-20(24)23(21(27)28-19)16-8-6-15(22)7-9-16/h3,5-10,12-13H,1,4,11H2,2H3/b19-13+.